The van der Waals surface area contributed by atoms with E-state index in [0.717, 1.165) is 36.5 Å². The number of nitrogens with zero attached hydrogens (tertiary/aromatic N) is 4. The number of imidazole rings is 1. The molecular formula is C27H29N5O3. The fraction of sp³-hybridized carbons (Fsp3) is 0.296. The Bertz CT molecular complexity index is 1380. The van der Waals surface area contributed by atoms with Gasteiger partial charge in [0.1, 0.15) is 5.65 Å². The predicted molar refractivity (Wildman–Crippen MR) is 134 cm³/mol. The highest BCUT2D eigenvalue weighted by atomic mass is 16.3. The molecule has 35 heavy (non-hydrogen) atoms. The highest BCUT2D eigenvalue weighted by Gasteiger charge is 2.24. The van der Waals surface area contributed by atoms with E-state index in [4.69, 9.17) is 9.40 Å². The molecule has 4 aromatic rings. The fourth-order valence-corrected chi connectivity index (χ4v) is 4.49. The molecular weight excluding hydrogens is 442 g/mol. The molecule has 1 aliphatic rings. The number of carbonyl (C=O) groups excluding carboxylic acids is 2. The van der Waals surface area contributed by atoms with Crippen LogP contribution in [-0.2, 0) is 6.54 Å². The first-order chi connectivity index (χ1) is 16.9. The van der Waals surface area contributed by atoms with E-state index in [-0.39, 0.29) is 17.6 Å². The van der Waals surface area contributed by atoms with Gasteiger partial charge in [0, 0.05) is 50.2 Å². The number of hydrogen-bond donors (Lipinski definition) is 1. The van der Waals surface area contributed by atoms with Crippen molar-refractivity contribution in [2.45, 2.75) is 27.3 Å². The van der Waals surface area contributed by atoms with Crippen molar-refractivity contribution >= 4 is 23.1 Å². The smallest absolute Gasteiger partial charge is 0.291 e. The first-order valence-corrected chi connectivity index (χ1v) is 11.8. The minimum absolute atomic E-state index is 0.0281. The molecule has 1 aliphatic heterocycles. The van der Waals surface area contributed by atoms with Crippen molar-refractivity contribution in [1.82, 2.24) is 19.2 Å². The van der Waals surface area contributed by atoms with Gasteiger partial charge in [0.15, 0.2) is 5.76 Å². The SMILES string of the molecule is Cc1ccn2c(CN3CCN(C(=O)c4ccc(C)c(NC(=O)c5ccco5)c4)CC3)c(C)nc2c1. The number of piperazine rings is 1. The normalized spacial score (nSPS) is 14.4. The van der Waals surface area contributed by atoms with E-state index in [2.05, 4.69) is 46.8 Å². The molecule has 1 fully saturated rings. The minimum atomic E-state index is -0.339. The molecule has 4 heterocycles. The number of amides is 2. The molecule has 3 aromatic heterocycles. The zero-order valence-corrected chi connectivity index (χ0v) is 20.2. The fourth-order valence-electron chi connectivity index (χ4n) is 4.49. The van der Waals surface area contributed by atoms with Crippen LogP contribution in [0, 0.1) is 20.8 Å². The van der Waals surface area contributed by atoms with Gasteiger partial charge in [0.25, 0.3) is 11.8 Å². The van der Waals surface area contributed by atoms with Crippen LogP contribution in [0.2, 0.25) is 0 Å². The van der Waals surface area contributed by atoms with E-state index in [1.54, 1.807) is 18.2 Å². The highest BCUT2D eigenvalue weighted by Crippen LogP contribution is 2.21. The average Bonchev–Trinajstić information content (AvgIpc) is 3.49. The molecule has 5 rings (SSSR count). The van der Waals surface area contributed by atoms with Gasteiger partial charge < -0.3 is 19.0 Å². The maximum Gasteiger partial charge on any atom is 0.291 e. The number of furan rings is 1. The third-order valence-electron chi connectivity index (χ3n) is 6.59. The summed E-state index contributed by atoms with van der Waals surface area (Å²) in [6.45, 7) is 9.70. The minimum Gasteiger partial charge on any atom is -0.459 e. The summed E-state index contributed by atoms with van der Waals surface area (Å²) in [7, 11) is 0. The Morgan fingerprint density at radius 1 is 1.03 bits per heavy atom. The molecule has 0 bridgehead atoms. The van der Waals surface area contributed by atoms with Crippen LogP contribution in [0.1, 0.15) is 43.4 Å². The van der Waals surface area contributed by atoms with Crippen LogP contribution in [0.15, 0.2) is 59.3 Å². The topological polar surface area (TPSA) is 83.1 Å². The van der Waals surface area contributed by atoms with Gasteiger partial charge in [-0.3, -0.25) is 14.5 Å². The monoisotopic (exact) mass is 471 g/mol. The molecule has 8 heteroatoms. The van der Waals surface area contributed by atoms with Crippen molar-refractivity contribution < 1.29 is 14.0 Å². The Balaban J connectivity index is 1.23. The Hall–Kier alpha value is -3.91. The Morgan fingerprint density at radius 3 is 2.57 bits per heavy atom. The number of benzene rings is 1. The predicted octanol–water partition coefficient (Wildman–Crippen LogP) is 4.06. The zero-order valence-electron chi connectivity index (χ0n) is 20.2. The van der Waals surface area contributed by atoms with Gasteiger partial charge in [0.2, 0.25) is 0 Å². The van der Waals surface area contributed by atoms with Crippen LogP contribution >= 0.6 is 0 Å². The lowest BCUT2D eigenvalue weighted by atomic mass is 10.1. The van der Waals surface area contributed by atoms with Crippen molar-refractivity contribution in [2.24, 2.45) is 0 Å². The lowest BCUT2D eigenvalue weighted by Gasteiger charge is -2.34. The van der Waals surface area contributed by atoms with E-state index in [1.165, 1.54) is 17.5 Å². The maximum atomic E-state index is 13.2. The van der Waals surface area contributed by atoms with Crippen molar-refractivity contribution in [3.63, 3.8) is 0 Å². The number of hydrogen-bond acceptors (Lipinski definition) is 5. The Kier molecular flexibility index (Phi) is 6.13. The summed E-state index contributed by atoms with van der Waals surface area (Å²) in [6.07, 6.45) is 3.54. The van der Waals surface area contributed by atoms with Gasteiger partial charge >= 0.3 is 0 Å². The number of anilines is 1. The van der Waals surface area contributed by atoms with E-state index >= 15 is 0 Å². The lowest BCUT2D eigenvalue weighted by molar-refractivity contribution is 0.0626. The number of aryl methyl sites for hydroxylation is 3. The maximum absolute atomic E-state index is 13.2. The number of nitrogens with one attached hydrogen (secondary N) is 1. The van der Waals surface area contributed by atoms with Crippen LogP contribution in [0.4, 0.5) is 5.69 Å². The average molecular weight is 472 g/mol. The largest absolute Gasteiger partial charge is 0.459 e. The van der Waals surface area contributed by atoms with Gasteiger partial charge in [-0.2, -0.15) is 0 Å². The highest BCUT2D eigenvalue weighted by molar-refractivity contribution is 6.04. The lowest BCUT2D eigenvalue weighted by Crippen LogP contribution is -2.48. The summed E-state index contributed by atoms with van der Waals surface area (Å²) in [4.78, 5) is 34.6. The van der Waals surface area contributed by atoms with Crippen LogP contribution in [0.25, 0.3) is 5.65 Å². The van der Waals surface area contributed by atoms with Gasteiger partial charge in [0.05, 0.1) is 17.7 Å². The summed E-state index contributed by atoms with van der Waals surface area (Å²) >= 11 is 0. The summed E-state index contributed by atoms with van der Waals surface area (Å²) in [5.74, 6) is -0.137. The summed E-state index contributed by atoms with van der Waals surface area (Å²) in [6, 6.07) is 12.9. The number of pyridine rings is 1. The van der Waals surface area contributed by atoms with Crippen LogP contribution < -0.4 is 5.32 Å². The van der Waals surface area contributed by atoms with E-state index in [0.29, 0.717) is 24.3 Å². The van der Waals surface area contributed by atoms with Crippen molar-refractivity contribution in [3.05, 3.63) is 88.8 Å². The molecule has 0 atom stereocenters. The third-order valence-corrected chi connectivity index (χ3v) is 6.59. The standard InChI is InChI=1S/C27H29N5O3/c1-18-8-9-32-23(20(3)28-25(32)15-18)17-30-10-12-31(13-11-30)27(34)21-7-6-19(2)22(16-21)29-26(33)24-5-4-14-35-24/h4-9,14-16H,10-13,17H2,1-3H3,(H,29,33). The van der Waals surface area contributed by atoms with Crippen LogP contribution in [0.3, 0.4) is 0 Å². The van der Waals surface area contributed by atoms with Gasteiger partial charge in [-0.05, 0) is 68.3 Å². The first kappa shape index (κ1) is 22.9. The number of carbonyl (C=O) groups is 2. The summed E-state index contributed by atoms with van der Waals surface area (Å²) < 4.78 is 7.32. The van der Waals surface area contributed by atoms with Crippen molar-refractivity contribution in [3.8, 4) is 0 Å². The molecule has 1 aromatic carbocycles. The molecule has 0 unspecified atom stereocenters. The summed E-state index contributed by atoms with van der Waals surface area (Å²) in [5, 5.41) is 2.85. The molecule has 0 aliphatic carbocycles. The van der Waals surface area contributed by atoms with Gasteiger partial charge in [-0.25, -0.2) is 4.98 Å². The van der Waals surface area contributed by atoms with E-state index in [9.17, 15) is 9.59 Å². The number of fused-ring (bicyclic) bond motifs is 1. The molecule has 2 amide bonds. The second-order valence-corrected chi connectivity index (χ2v) is 9.11. The molecule has 1 saturated heterocycles. The summed E-state index contributed by atoms with van der Waals surface area (Å²) in [5.41, 5.74) is 6.45. The van der Waals surface area contributed by atoms with Gasteiger partial charge in [-0.15, -0.1) is 0 Å². The van der Waals surface area contributed by atoms with Gasteiger partial charge in [-0.1, -0.05) is 6.07 Å². The van der Waals surface area contributed by atoms with Crippen LogP contribution in [0.5, 0.6) is 0 Å². The quantitative estimate of drug-likeness (QED) is 0.475. The first-order valence-electron chi connectivity index (χ1n) is 11.8. The number of rotatable bonds is 5. The molecule has 180 valence electrons. The van der Waals surface area contributed by atoms with E-state index < -0.39 is 0 Å². The van der Waals surface area contributed by atoms with Crippen molar-refractivity contribution in [1.29, 1.82) is 0 Å². The molecule has 8 nitrogen and oxygen atoms in total. The zero-order chi connectivity index (χ0) is 24.5. The van der Waals surface area contributed by atoms with Crippen LogP contribution in [-0.4, -0.2) is 57.2 Å². The molecule has 1 N–H and O–H groups in total. The molecule has 0 saturated carbocycles. The van der Waals surface area contributed by atoms with Crippen molar-refractivity contribution in [2.75, 3.05) is 31.5 Å². The molecule has 0 radical (unpaired) electrons. The Morgan fingerprint density at radius 2 is 1.83 bits per heavy atom. The third kappa shape index (κ3) is 4.70. The molecule has 0 spiro atoms. The van der Waals surface area contributed by atoms with E-state index in [1.807, 2.05) is 24.0 Å². The Labute approximate surface area is 204 Å². The second-order valence-electron chi connectivity index (χ2n) is 9.11. The number of aromatic nitrogens is 2. The second kappa shape index (κ2) is 9.38.